The van der Waals surface area contributed by atoms with Gasteiger partial charge in [0.25, 0.3) is 0 Å². The molecule has 0 spiro atoms. The number of halogens is 1. The van der Waals surface area contributed by atoms with Crippen LogP contribution in [-0.4, -0.2) is 34.8 Å². The Morgan fingerprint density at radius 3 is 2.27 bits per heavy atom. The molecule has 3 unspecified atom stereocenters. The minimum Gasteiger partial charge on any atom is -0.481 e. The number of carbonyl (C=O) groups is 1. The predicted molar refractivity (Wildman–Crippen MR) is 120 cm³/mol. The van der Waals surface area contributed by atoms with E-state index in [2.05, 4.69) is 29.6 Å². The van der Waals surface area contributed by atoms with E-state index < -0.39 is 13.1 Å². The lowest BCUT2D eigenvalue weighted by Crippen LogP contribution is -2.21. The van der Waals surface area contributed by atoms with Gasteiger partial charge in [-0.25, -0.2) is 0 Å². The SMILES string of the molecule is O=C(O)C1CC(CNCc2ccc(-c3ccc(Cl)cc3)cc2)CC1CCCB(O)O. The van der Waals surface area contributed by atoms with Crippen molar-refractivity contribution in [3.8, 4) is 11.1 Å². The molecule has 1 fully saturated rings. The summed E-state index contributed by atoms with van der Waals surface area (Å²) in [6.45, 7) is 1.54. The fraction of sp³-hybridized carbons (Fsp3) is 0.435. The molecule has 3 rings (SSSR count). The van der Waals surface area contributed by atoms with Gasteiger partial charge >= 0.3 is 13.1 Å². The first-order valence-electron chi connectivity index (χ1n) is 10.6. The zero-order valence-corrected chi connectivity index (χ0v) is 17.8. The van der Waals surface area contributed by atoms with Gasteiger partial charge in [0.1, 0.15) is 0 Å². The second-order valence-electron chi connectivity index (χ2n) is 8.29. The van der Waals surface area contributed by atoms with Gasteiger partial charge in [-0.05, 0) is 66.4 Å². The van der Waals surface area contributed by atoms with Crippen LogP contribution in [-0.2, 0) is 11.3 Å². The van der Waals surface area contributed by atoms with Crippen LogP contribution >= 0.6 is 11.6 Å². The van der Waals surface area contributed by atoms with Crippen LogP contribution in [0, 0.1) is 17.8 Å². The third-order valence-corrected chi connectivity index (χ3v) is 6.29. The monoisotopic (exact) mass is 429 g/mol. The van der Waals surface area contributed by atoms with Gasteiger partial charge in [0.15, 0.2) is 0 Å². The van der Waals surface area contributed by atoms with Gasteiger partial charge in [-0.15, -0.1) is 0 Å². The van der Waals surface area contributed by atoms with Gasteiger partial charge < -0.3 is 20.5 Å². The molecule has 4 N–H and O–H groups in total. The minimum absolute atomic E-state index is 0.117. The topological polar surface area (TPSA) is 89.8 Å². The minimum atomic E-state index is -1.31. The maximum Gasteiger partial charge on any atom is 0.451 e. The maximum absolute atomic E-state index is 11.6. The Morgan fingerprint density at radius 2 is 1.67 bits per heavy atom. The standard InChI is InChI=1S/C23H29BClNO4/c25-21-9-7-19(8-10-21)18-5-3-16(4-6-18)14-26-15-17-12-20(2-1-11-24(29)30)22(13-17)23(27)28/h3-10,17,20,22,26,29-30H,1-2,11-15H2,(H,27,28). The molecule has 7 heteroatoms. The summed E-state index contributed by atoms with van der Waals surface area (Å²) in [4.78, 5) is 11.6. The van der Waals surface area contributed by atoms with E-state index in [4.69, 9.17) is 21.6 Å². The molecule has 2 aromatic carbocycles. The Labute approximate surface area is 183 Å². The normalized spacial score (nSPS) is 21.0. The van der Waals surface area contributed by atoms with E-state index in [-0.39, 0.29) is 11.8 Å². The van der Waals surface area contributed by atoms with Crippen LogP contribution in [0.1, 0.15) is 31.2 Å². The van der Waals surface area contributed by atoms with Crippen LogP contribution < -0.4 is 5.32 Å². The lowest BCUT2D eigenvalue weighted by atomic mass is 9.80. The molecule has 0 bridgehead atoms. The summed E-state index contributed by atoms with van der Waals surface area (Å²) in [7, 11) is -1.31. The van der Waals surface area contributed by atoms with E-state index in [0.29, 0.717) is 25.1 Å². The second-order valence-corrected chi connectivity index (χ2v) is 8.72. The fourth-order valence-electron chi connectivity index (χ4n) is 4.47. The number of carboxylic acid groups (broad SMARTS) is 1. The van der Waals surface area contributed by atoms with Crippen molar-refractivity contribution < 1.29 is 19.9 Å². The maximum atomic E-state index is 11.6. The second kappa shape index (κ2) is 11.0. The van der Waals surface area contributed by atoms with Crippen LogP contribution in [0.25, 0.3) is 11.1 Å². The molecule has 0 amide bonds. The van der Waals surface area contributed by atoms with Crippen molar-refractivity contribution in [3.63, 3.8) is 0 Å². The molecule has 0 aliphatic heterocycles. The number of carboxylic acids is 1. The number of nitrogens with one attached hydrogen (secondary N) is 1. The largest absolute Gasteiger partial charge is 0.481 e. The summed E-state index contributed by atoms with van der Waals surface area (Å²) in [6.07, 6.45) is 3.24. The van der Waals surface area contributed by atoms with Crippen molar-refractivity contribution in [1.82, 2.24) is 5.32 Å². The van der Waals surface area contributed by atoms with Crippen molar-refractivity contribution in [2.75, 3.05) is 6.54 Å². The number of hydrogen-bond donors (Lipinski definition) is 4. The third-order valence-electron chi connectivity index (χ3n) is 6.04. The van der Waals surface area contributed by atoms with Crippen molar-refractivity contribution in [2.24, 2.45) is 17.8 Å². The number of rotatable bonds is 10. The highest BCUT2D eigenvalue weighted by atomic mass is 35.5. The highest BCUT2D eigenvalue weighted by Gasteiger charge is 2.38. The van der Waals surface area contributed by atoms with Gasteiger partial charge in [0.05, 0.1) is 5.92 Å². The van der Waals surface area contributed by atoms with Crippen molar-refractivity contribution in [2.45, 2.75) is 38.5 Å². The summed E-state index contributed by atoms with van der Waals surface area (Å²) < 4.78 is 0. The molecule has 0 saturated heterocycles. The molecular formula is C23H29BClNO4. The highest BCUT2D eigenvalue weighted by molar-refractivity contribution is 6.40. The molecule has 30 heavy (non-hydrogen) atoms. The summed E-state index contributed by atoms with van der Waals surface area (Å²) in [5, 5.41) is 31.7. The average Bonchev–Trinajstić information content (AvgIpc) is 3.12. The van der Waals surface area contributed by atoms with E-state index in [0.717, 1.165) is 42.1 Å². The van der Waals surface area contributed by atoms with Crippen LogP contribution in [0.5, 0.6) is 0 Å². The lowest BCUT2D eigenvalue weighted by Gasteiger charge is -2.15. The predicted octanol–water partition coefficient (Wildman–Crippen LogP) is 4.08. The van der Waals surface area contributed by atoms with E-state index in [1.54, 1.807) is 0 Å². The van der Waals surface area contributed by atoms with Gasteiger partial charge in [0.2, 0.25) is 0 Å². The van der Waals surface area contributed by atoms with Crippen LogP contribution in [0.2, 0.25) is 11.3 Å². The summed E-state index contributed by atoms with van der Waals surface area (Å²) >= 11 is 5.95. The van der Waals surface area contributed by atoms with Crippen molar-refractivity contribution in [1.29, 1.82) is 0 Å². The Bertz CT molecular complexity index is 813. The molecule has 1 saturated carbocycles. The molecule has 1 aliphatic rings. The number of benzene rings is 2. The van der Waals surface area contributed by atoms with E-state index in [9.17, 15) is 9.90 Å². The van der Waals surface area contributed by atoms with Crippen molar-refractivity contribution >= 4 is 24.7 Å². The Morgan fingerprint density at radius 1 is 1.03 bits per heavy atom. The Balaban J connectivity index is 1.46. The average molecular weight is 430 g/mol. The summed E-state index contributed by atoms with van der Waals surface area (Å²) in [5.74, 6) is -0.605. The smallest absolute Gasteiger partial charge is 0.451 e. The van der Waals surface area contributed by atoms with E-state index >= 15 is 0 Å². The summed E-state index contributed by atoms with van der Waals surface area (Å²) in [5.41, 5.74) is 3.46. The van der Waals surface area contributed by atoms with E-state index in [1.807, 2.05) is 24.3 Å². The fourth-order valence-corrected chi connectivity index (χ4v) is 4.59. The first-order chi connectivity index (χ1) is 14.4. The van der Waals surface area contributed by atoms with Gasteiger partial charge in [0, 0.05) is 11.6 Å². The van der Waals surface area contributed by atoms with Crippen LogP contribution in [0.3, 0.4) is 0 Å². The zero-order valence-electron chi connectivity index (χ0n) is 17.0. The zero-order chi connectivity index (χ0) is 21.5. The molecule has 2 aromatic rings. The molecule has 1 aliphatic carbocycles. The molecule has 160 valence electrons. The molecule has 0 radical (unpaired) electrons. The first-order valence-corrected chi connectivity index (χ1v) is 10.9. The van der Waals surface area contributed by atoms with E-state index in [1.165, 1.54) is 5.56 Å². The quantitative estimate of drug-likeness (QED) is 0.427. The lowest BCUT2D eigenvalue weighted by molar-refractivity contribution is -0.143. The van der Waals surface area contributed by atoms with Gasteiger partial charge in [-0.1, -0.05) is 60.8 Å². The van der Waals surface area contributed by atoms with Gasteiger partial charge in [-0.3, -0.25) is 4.79 Å². The third kappa shape index (κ3) is 6.57. The highest BCUT2D eigenvalue weighted by Crippen LogP contribution is 2.39. The molecular weight excluding hydrogens is 401 g/mol. The molecule has 5 nitrogen and oxygen atoms in total. The molecule has 3 atom stereocenters. The van der Waals surface area contributed by atoms with Gasteiger partial charge in [-0.2, -0.15) is 0 Å². The number of aliphatic carboxylic acids is 1. The Kier molecular flexibility index (Phi) is 8.34. The van der Waals surface area contributed by atoms with Crippen LogP contribution in [0.15, 0.2) is 48.5 Å². The number of hydrogen-bond acceptors (Lipinski definition) is 4. The van der Waals surface area contributed by atoms with Crippen molar-refractivity contribution in [3.05, 3.63) is 59.1 Å². The first kappa shape index (κ1) is 22.8. The molecule has 0 aromatic heterocycles. The summed E-state index contributed by atoms with van der Waals surface area (Å²) in [6, 6.07) is 16.2. The van der Waals surface area contributed by atoms with Crippen LogP contribution in [0.4, 0.5) is 0 Å². The molecule has 0 heterocycles. The Hall–Kier alpha value is -1.86.